The molecule has 3 rings (SSSR count). The third-order valence-electron chi connectivity index (χ3n) is 3.06. The van der Waals surface area contributed by atoms with Crippen molar-refractivity contribution in [1.82, 2.24) is 4.98 Å². The molecule has 0 aliphatic rings. The Morgan fingerprint density at radius 3 is 2.43 bits per heavy atom. The highest BCUT2D eigenvalue weighted by Gasteiger charge is 2.18. The van der Waals surface area contributed by atoms with Crippen LogP contribution < -0.4 is 11.1 Å². The molecule has 1 heterocycles. The van der Waals surface area contributed by atoms with Crippen LogP contribution in [0.25, 0.3) is 0 Å². The molecule has 0 radical (unpaired) electrons. The molecular weight excluding hydrogens is 337 g/mol. The summed E-state index contributed by atoms with van der Waals surface area (Å²) in [5, 5.41) is 4.01. The molecule has 23 heavy (non-hydrogen) atoms. The van der Waals surface area contributed by atoms with Crippen molar-refractivity contribution in [2.75, 3.05) is 11.1 Å². The first-order valence-corrected chi connectivity index (χ1v) is 7.81. The van der Waals surface area contributed by atoms with Crippen LogP contribution in [0.5, 0.6) is 0 Å². The maximum atomic E-state index is 12.9. The lowest BCUT2D eigenvalue weighted by Crippen LogP contribution is -2.02. The third-order valence-corrected chi connectivity index (χ3v) is 4.30. The molecule has 0 aliphatic heterocycles. The summed E-state index contributed by atoms with van der Waals surface area (Å²) in [4.78, 5) is 16.9. The van der Waals surface area contributed by atoms with E-state index in [1.807, 2.05) is 0 Å². The van der Waals surface area contributed by atoms with Crippen molar-refractivity contribution >= 4 is 45.4 Å². The maximum absolute atomic E-state index is 12.9. The number of nitrogens with one attached hydrogen (secondary N) is 1. The van der Waals surface area contributed by atoms with Crippen LogP contribution in [0.3, 0.4) is 0 Å². The molecule has 0 aliphatic carbocycles. The minimum Gasteiger partial charge on any atom is -0.382 e. The number of nitrogens with two attached hydrogens (primary N) is 1. The maximum Gasteiger partial charge on any atom is 0.206 e. The highest BCUT2D eigenvalue weighted by atomic mass is 35.5. The number of halogens is 2. The van der Waals surface area contributed by atoms with Crippen LogP contribution in [0.2, 0.25) is 5.02 Å². The van der Waals surface area contributed by atoms with Crippen LogP contribution in [0.15, 0.2) is 48.5 Å². The van der Waals surface area contributed by atoms with Gasteiger partial charge in [0.1, 0.15) is 16.5 Å². The Morgan fingerprint density at radius 2 is 1.78 bits per heavy atom. The number of anilines is 3. The summed E-state index contributed by atoms with van der Waals surface area (Å²) < 4.78 is 12.9. The molecule has 2 aromatic carbocycles. The van der Waals surface area contributed by atoms with Gasteiger partial charge in [0.2, 0.25) is 5.78 Å². The minimum absolute atomic E-state index is 0.152. The van der Waals surface area contributed by atoms with Gasteiger partial charge in [0.25, 0.3) is 0 Å². The molecule has 0 saturated heterocycles. The van der Waals surface area contributed by atoms with Crippen LogP contribution in [-0.4, -0.2) is 10.8 Å². The molecule has 0 bridgehead atoms. The molecular formula is C16H11ClFN3OS. The second-order valence-electron chi connectivity index (χ2n) is 4.70. The lowest BCUT2D eigenvalue weighted by atomic mass is 10.1. The SMILES string of the molecule is Nc1nc(Nc2ccc(F)cc2)sc1C(=O)c1ccc(Cl)cc1. The molecule has 3 N–H and O–H groups in total. The molecule has 0 amide bonds. The topological polar surface area (TPSA) is 68.0 Å². The van der Waals surface area contributed by atoms with E-state index in [0.29, 0.717) is 26.3 Å². The summed E-state index contributed by atoms with van der Waals surface area (Å²) >= 11 is 6.96. The third kappa shape index (κ3) is 3.49. The summed E-state index contributed by atoms with van der Waals surface area (Å²) in [7, 11) is 0. The summed E-state index contributed by atoms with van der Waals surface area (Å²) in [6, 6.07) is 12.4. The van der Waals surface area contributed by atoms with E-state index >= 15 is 0 Å². The van der Waals surface area contributed by atoms with Gasteiger partial charge in [0.05, 0.1) is 0 Å². The normalized spacial score (nSPS) is 10.5. The van der Waals surface area contributed by atoms with Crippen LogP contribution in [-0.2, 0) is 0 Å². The predicted octanol–water partition coefficient (Wildman–Crippen LogP) is 4.49. The van der Waals surface area contributed by atoms with Gasteiger partial charge < -0.3 is 11.1 Å². The van der Waals surface area contributed by atoms with Crippen molar-refractivity contribution in [1.29, 1.82) is 0 Å². The summed E-state index contributed by atoms with van der Waals surface area (Å²) in [5.41, 5.74) is 6.98. The van der Waals surface area contributed by atoms with Gasteiger partial charge in [-0.1, -0.05) is 22.9 Å². The first kappa shape index (κ1) is 15.5. The number of hydrogen-bond donors (Lipinski definition) is 2. The fourth-order valence-corrected chi connectivity index (χ4v) is 2.93. The van der Waals surface area contributed by atoms with Crippen molar-refractivity contribution in [3.05, 3.63) is 69.8 Å². The highest BCUT2D eigenvalue weighted by Crippen LogP contribution is 2.30. The van der Waals surface area contributed by atoms with Crippen LogP contribution in [0.1, 0.15) is 15.2 Å². The Balaban J connectivity index is 1.84. The van der Waals surface area contributed by atoms with Crippen LogP contribution in [0.4, 0.5) is 21.0 Å². The Morgan fingerprint density at radius 1 is 1.13 bits per heavy atom. The fraction of sp³-hybridized carbons (Fsp3) is 0. The smallest absolute Gasteiger partial charge is 0.206 e. The molecule has 1 aromatic heterocycles. The molecule has 3 aromatic rings. The lowest BCUT2D eigenvalue weighted by molar-refractivity contribution is 0.104. The van der Waals surface area contributed by atoms with Crippen molar-refractivity contribution in [3.63, 3.8) is 0 Å². The predicted molar refractivity (Wildman–Crippen MR) is 91.1 cm³/mol. The number of rotatable bonds is 4. The fourth-order valence-electron chi connectivity index (χ4n) is 1.94. The van der Waals surface area contributed by atoms with Crippen molar-refractivity contribution < 1.29 is 9.18 Å². The van der Waals surface area contributed by atoms with Crippen molar-refractivity contribution in [2.45, 2.75) is 0 Å². The van der Waals surface area contributed by atoms with Gasteiger partial charge in [-0.2, -0.15) is 0 Å². The van der Waals surface area contributed by atoms with Gasteiger partial charge in [0.15, 0.2) is 5.13 Å². The highest BCUT2D eigenvalue weighted by molar-refractivity contribution is 7.18. The number of benzene rings is 2. The molecule has 0 atom stereocenters. The van der Waals surface area contributed by atoms with E-state index in [-0.39, 0.29) is 17.4 Å². The second kappa shape index (κ2) is 6.36. The average molecular weight is 348 g/mol. The van der Waals surface area contributed by atoms with E-state index in [4.69, 9.17) is 17.3 Å². The van der Waals surface area contributed by atoms with E-state index in [0.717, 1.165) is 11.3 Å². The molecule has 7 heteroatoms. The number of ketones is 1. The Labute approximate surface area is 140 Å². The quantitative estimate of drug-likeness (QED) is 0.682. The van der Waals surface area contributed by atoms with E-state index in [1.54, 1.807) is 36.4 Å². The molecule has 0 saturated carbocycles. The van der Waals surface area contributed by atoms with Gasteiger partial charge >= 0.3 is 0 Å². The van der Waals surface area contributed by atoms with E-state index in [9.17, 15) is 9.18 Å². The largest absolute Gasteiger partial charge is 0.382 e. The first-order chi connectivity index (χ1) is 11.0. The zero-order chi connectivity index (χ0) is 16.4. The lowest BCUT2D eigenvalue weighted by Gasteiger charge is -2.01. The van der Waals surface area contributed by atoms with E-state index < -0.39 is 0 Å². The number of nitrogen functional groups attached to an aromatic ring is 1. The summed E-state index contributed by atoms with van der Waals surface area (Å²) in [6.45, 7) is 0. The average Bonchev–Trinajstić information content (AvgIpc) is 2.90. The van der Waals surface area contributed by atoms with Gasteiger partial charge in [-0.05, 0) is 48.5 Å². The Kier molecular flexibility index (Phi) is 4.27. The summed E-state index contributed by atoms with van der Waals surface area (Å²) in [6.07, 6.45) is 0. The molecule has 116 valence electrons. The van der Waals surface area contributed by atoms with E-state index in [1.165, 1.54) is 12.1 Å². The van der Waals surface area contributed by atoms with Gasteiger partial charge in [-0.25, -0.2) is 9.37 Å². The first-order valence-electron chi connectivity index (χ1n) is 6.62. The zero-order valence-corrected chi connectivity index (χ0v) is 13.3. The second-order valence-corrected chi connectivity index (χ2v) is 6.14. The minimum atomic E-state index is -0.326. The number of carbonyl (C=O) groups is 1. The Hall–Kier alpha value is -2.44. The number of hydrogen-bond acceptors (Lipinski definition) is 5. The van der Waals surface area contributed by atoms with Crippen LogP contribution in [0, 0.1) is 5.82 Å². The number of aromatic nitrogens is 1. The number of nitrogens with zero attached hydrogens (tertiary/aromatic N) is 1. The van der Waals surface area contributed by atoms with Gasteiger partial charge in [-0.3, -0.25) is 4.79 Å². The molecule has 0 unspecified atom stereocenters. The van der Waals surface area contributed by atoms with Gasteiger partial charge in [-0.15, -0.1) is 0 Å². The standard InChI is InChI=1S/C16H11ClFN3OS/c17-10-3-1-9(2-4-10)13(22)14-15(19)21-16(23-14)20-12-7-5-11(18)6-8-12/h1-8H,19H2,(H,20,21). The van der Waals surface area contributed by atoms with Gasteiger partial charge in [0, 0.05) is 16.3 Å². The van der Waals surface area contributed by atoms with Crippen LogP contribution >= 0.6 is 22.9 Å². The van der Waals surface area contributed by atoms with Crippen molar-refractivity contribution in [2.24, 2.45) is 0 Å². The zero-order valence-electron chi connectivity index (χ0n) is 11.7. The number of carbonyl (C=O) groups excluding carboxylic acids is 1. The molecule has 0 spiro atoms. The number of thiazole rings is 1. The monoisotopic (exact) mass is 347 g/mol. The Bertz CT molecular complexity index is 847. The molecule has 4 nitrogen and oxygen atoms in total. The summed E-state index contributed by atoms with van der Waals surface area (Å²) in [5.74, 6) is -0.392. The molecule has 0 fully saturated rings. The van der Waals surface area contributed by atoms with Crippen molar-refractivity contribution in [3.8, 4) is 0 Å². The van der Waals surface area contributed by atoms with E-state index in [2.05, 4.69) is 10.3 Å².